The Morgan fingerprint density at radius 2 is 1.95 bits per heavy atom. The smallest absolute Gasteiger partial charge is 0.128 e. The minimum atomic E-state index is -0.148. The van der Waals surface area contributed by atoms with Gasteiger partial charge in [0.1, 0.15) is 18.2 Å². The molecule has 3 aromatic rings. The summed E-state index contributed by atoms with van der Waals surface area (Å²) in [6.07, 6.45) is 0. The van der Waals surface area contributed by atoms with E-state index < -0.39 is 0 Å². The number of imidazole rings is 1. The molecule has 0 aliphatic carbocycles. The van der Waals surface area contributed by atoms with Gasteiger partial charge >= 0.3 is 0 Å². The Hall–Kier alpha value is -2.00. The van der Waals surface area contributed by atoms with E-state index in [2.05, 4.69) is 16.7 Å². The average Bonchev–Trinajstić information content (AvgIpc) is 3.07. The second kappa shape index (κ2) is 4.78. The molecule has 0 fully saturated rings. The van der Waals surface area contributed by atoms with Crippen molar-refractivity contribution in [3.05, 3.63) is 59.9 Å². The molecule has 0 amide bonds. The summed E-state index contributed by atoms with van der Waals surface area (Å²) in [5.41, 5.74) is 3.27. The molecule has 2 aromatic carbocycles. The molecule has 0 bridgehead atoms. The quantitative estimate of drug-likeness (QED) is 0.659. The molecule has 4 rings (SSSR count). The molecule has 2 heterocycles. The Balaban J connectivity index is 1.96. The Bertz CT molecular complexity index is 809. The second-order valence-electron chi connectivity index (χ2n) is 5.31. The van der Waals surface area contributed by atoms with E-state index in [1.54, 1.807) is 0 Å². The summed E-state index contributed by atoms with van der Waals surface area (Å²) < 4.78 is 8.05. The Morgan fingerprint density at radius 3 is 2.81 bits per heavy atom. The number of nitrogens with zero attached hydrogens (tertiary/aromatic N) is 2. The number of aromatic nitrogens is 2. The van der Waals surface area contributed by atoms with E-state index >= 15 is 0 Å². The molecule has 21 heavy (non-hydrogen) atoms. The first-order valence-corrected chi connectivity index (χ1v) is 7.52. The van der Waals surface area contributed by atoms with E-state index in [0.29, 0.717) is 6.61 Å². The van der Waals surface area contributed by atoms with E-state index in [-0.39, 0.29) is 11.4 Å². The normalized spacial score (nSPS) is 18.5. The Kier molecular flexibility index (Phi) is 2.89. The minimum absolute atomic E-state index is 0.129. The first-order valence-electron chi connectivity index (χ1n) is 7.08. The first-order chi connectivity index (χ1) is 10.3. The van der Waals surface area contributed by atoms with Gasteiger partial charge in [-0.3, -0.25) is 0 Å². The Morgan fingerprint density at radius 1 is 1.19 bits per heavy atom. The highest BCUT2D eigenvalue weighted by Gasteiger charge is 2.29. The lowest BCUT2D eigenvalue weighted by Gasteiger charge is -2.17. The van der Waals surface area contributed by atoms with Crippen molar-refractivity contribution in [1.29, 1.82) is 0 Å². The van der Waals surface area contributed by atoms with Crippen molar-refractivity contribution < 1.29 is 4.74 Å². The van der Waals surface area contributed by atoms with Crippen LogP contribution >= 0.6 is 11.6 Å². The van der Waals surface area contributed by atoms with Gasteiger partial charge in [-0.05, 0) is 25.1 Å². The van der Waals surface area contributed by atoms with Crippen molar-refractivity contribution in [2.24, 2.45) is 0 Å². The molecular formula is C17H15ClN2O. The third-order valence-corrected chi connectivity index (χ3v) is 4.16. The number of hydrogen-bond donors (Lipinski definition) is 0. The molecule has 0 N–H and O–H groups in total. The predicted octanol–water partition coefficient (Wildman–Crippen LogP) is 4.32. The first kappa shape index (κ1) is 12.7. The SMILES string of the molecule is CC(Cl)c1nc2ccccc2n1C1COc2ccccc21. The fourth-order valence-electron chi connectivity index (χ4n) is 3.03. The van der Waals surface area contributed by atoms with E-state index in [1.165, 1.54) is 5.56 Å². The number of rotatable bonds is 2. The molecule has 1 aromatic heterocycles. The van der Waals surface area contributed by atoms with Crippen LogP contribution in [0.1, 0.15) is 29.7 Å². The van der Waals surface area contributed by atoms with Crippen LogP contribution in [-0.2, 0) is 0 Å². The molecule has 1 aliphatic rings. The summed E-state index contributed by atoms with van der Waals surface area (Å²) >= 11 is 6.36. The topological polar surface area (TPSA) is 27.1 Å². The molecular weight excluding hydrogens is 284 g/mol. The number of ether oxygens (including phenoxy) is 1. The number of hydrogen-bond acceptors (Lipinski definition) is 2. The van der Waals surface area contributed by atoms with Crippen molar-refractivity contribution >= 4 is 22.6 Å². The van der Waals surface area contributed by atoms with Crippen LogP contribution in [0.15, 0.2) is 48.5 Å². The molecule has 4 heteroatoms. The third-order valence-electron chi connectivity index (χ3n) is 3.97. The van der Waals surface area contributed by atoms with Gasteiger partial charge in [-0.1, -0.05) is 30.3 Å². The number of fused-ring (bicyclic) bond motifs is 2. The zero-order valence-corrected chi connectivity index (χ0v) is 12.4. The molecule has 0 saturated carbocycles. The van der Waals surface area contributed by atoms with Gasteiger partial charge in [0.25, 0.3) is 0 Å². The Labute approximate surface area is 128 Å². The standard InChI is InChI=1S/C17H15ClN2O/c1-11(18)17-19-13-7-3-4-8-14(13)20(17)15-10-21-16-9-5-2-6-12(15)16/h2-9,11,15H,10H2,1H3. The van der Waals surface area contributed by atoms with E-state index in [1.807, 2.05) is 43.3 Å². The van der Waals surface area contributed by atoms with Crippen LogP contribution in [0.3, 0.4) is 0 Å². The zero-order valence-electron chi connectivity index (χ0n) is 11.7. The van der Waals surface area contributed by atoms with Crippen LogP contribution in [0.25, 0.3) is 11.0 Å². The van der Waals surface area contributed by atoms with Gasteiger partial charge in [0.05, 0.1) is 22.5 Å². The van der Waals surface area contributed by atoms with Gasteiger partial charge < -0.3 is 9.30 Å². The monoisotopic (exact) mass is 298 g/mol. The minimum Gasteiger partial charge on any atom is -0.491 e. The molecule has 3 nitrogen and oxygen atoms in total. The van der Waals surface area contributed by atoms with Crippen LogP contribution in [0.4, 0.5) is 0 Å². The number of alkyl halides is 1. The van der Waals surface area contributed by atoms with Crippen LogP contribution < -0.4 is 4.74 Å². The average molecular weight is 299 g/mol. The molecule has 0 radical (unpaired) electrons. The molecule has 2 unspecified atom stereocenters. The number of halogens is 1. The van der Waals surface area contributed by atoms with Gasteiger partial charge in [0.15, 0.2) is 0 Å². The second-order valence-corrected chi connectivity index (χ2v) is 5.96. The van der Waals surface area contributed by atoms with Crippen molar-refractivity contribution in [2.45, 2.75) is 18.3 Å². The highest BCUT2D eigenvalue weighted by atomic mass is 35.5. The molecule has 1 aliphatic heterocycles. The van der Waals surface area contributed by atoms with Crippen LogP contribution in [0, 0.1) is 0 Å². The van der Waals surface area contributed by atoms with E-state index in [9.17, 15) is 0 Å². The van der Waals surface area contributed by atoms with Crippen molar-refractivity contribution in [3.63, 3.8) is 0 Å². The van der Waals surface area contributed by atoms with Crippen LogP contribution in [0.5, 0.6) is 5.75 Å². The van der Waals surface area contributed by atoms with E-state index in [0.717, 1.165) is 22.6 Å². The maximum absolute atomic E-state index is 6.36. The van der Waals surface area contributed by atoms with Crippen molar-refractivity contribution in [1.82, 2.24) is 9.55 Å². The maximum atomic E-state index is 6.36. The zero-order chi connectivity index (χ0) is 14.4. The van der Waals surface area contributed by atoms with Gasteiger partial charge in [0, 0.05) is 5.56 Å². The largest absolute Gasteiger partial charge is 0.491 e. The van der Waals surface area contributed by atoms with Crippen molar-refractivity contribution in [2.75, 3.05) is 6.61 Å². The fourth-order valence-corrected chi connectivity index (χ4v) is 3.18. The molecule has 0 saturated heterocycles. The summed E-state index contributed by atoms with van der Waals surface area (Å²) in [7, 11) is 0. The maximum Gasteiger partial charge on any atom is 0.128 e. The number of para-hydroxylation sites is 3. The van der Waals surface area contributed by atoms with E-state index in [4.69, 9.17) is 21.3 Å². The lowest BCUT2D eigenvalue weighted by atomic mass is 10.1. The lowest BCUT2D eigenvalue weighted by Crippen LogP contribution is -2.15. The summed E-state index contributed by atoms with van der Waals surface area (Å²) in [6, 6.07) is 16.4. The summed E-state index contributed by atoms with van der Waals surface area (Å²) in [5.74, 6) is 1.84. The fraction of sp³-hybridized carbons (Fsp3) is 0.235. The predicted molar refractivity (Wildman–Crippen MR) is 84.1 cm³/mol. The van der Waals surface area contributed by atoms with Gasteiger partial charge in [-0.2, -0.15) is 0 Å². The lowest BCUT2D eigenvalue weighted by molar-refractivity contribution is 0.316. The van der Waals surface area contributed by atoms with Crippen LogP contribution in [-0.4, -0.2) is 16.2 Å². The van der Waals surface area contributed by atoms with Gasteiger partial charge in [0.2, 0.25) is 0 Å². The number of benzene rings is 2. The van der Waals surface area contributed by atoms with Crippen molar-refractivity contribution in [3.8, 4) is 5.75 Å². The van der Waals surface area contributed by atoms with Gasteiger partial charge in [-0.15, -0.1) is 11.6 Å². The van der Waals surface area contributed by atoms with Gasteiger partial charge in [-0.25, -0.2) is 4.98 Å². The third kappa shape index (κ3) is 1.92. The summed E-state index contributed by atoms with van der Waals surface area (Å²) in [4.78, 5) is 4.71. The highest BCUT2D eigenvalue weighted by molar-refractivity contribution is 6.20. The summed E-state index contributed by atoms with van der Waals surface area (Å²) in [6.45, 7) is 2.58. The molecule has 0 spiro atoms. The highest BCUT2D eigenvalue weighted by Crippen LogP contribution is 2.38. The summed E-state index contributed by atoms with van der Waals surface area (Å²) in [5, 5.41) is -0.148. The molecule has 2 atom stereocenters. The van der Waals surface area contributed by atoms with Crippen LogP contribution in [0.2, 0.25) is 0 Å². The molecule has 106 valence electrons.